The second-order valence-corrected chi connectivity index (χ2v) is 6.41. The average Bonchev–Trinajstić information content (AvgIpc) is 2.47. The van der Waals surface area contributed by atoms with Gasteiger partial charge in [-0.15, -0.1) is 0 Å². The zero-order chi connectivity index (χ0) is 15.3. The van der Waals surface area contributed by atoms with Gasteiger partial charge < -0.3 is 5.32 Å². The van der Waals surface area contributed by atoms with Crippen molar-refractivity contribution >= 4 is 5.91 Å². The summed E-state index contributed by atoms with van der Waals surface area (Å²) < 4.78 is 0. The van der Waals surface area contributed by atoms with Crippen molar-refractivity contribution < 1.29 is 4.79 Å². The number of rotatable bonds is 4. The summed E-state index contributed by atoms with van der Waals surface area (Å²) in [6.07, 6.45) is 7.92. The van der Waals surface area contributed by atoms with E-state index >= 15 is 0 Å². The van der Waals surface area contributed by atoms with Gasteiger partial charge in [0.05, 0.1) is 5.56 Å². The van der Waals surface area contributed by atoms with Gasteiger partial charge in [0, 0.05) is 38.6 Å². The van der Waals surface area contributed by atoms with Crippen molar-refractivity contribution in [2.45, 2.75) is 27.2 Å². The molecule has 5 heteroatoms. The van der Waals surface area contributed by atoms with Crippen LogP contribution in [0.5, 0.6) is 0 Å². The number of carbonyl (C=O) groups excluding carboxylic acids is 1. The van der Waals surface area contributed by atoms with E-state index in [-0.39, 0.29) is 11.3 Å². The monoisotopic (exact) mass is 288 g/mol. The van der Waals surface area contributed by atoms with Crippen LogP contribution in [0.4, 0.5) is 0 Å². The third-order valence-electron chi connectivity index (χ3n) is 3.79. The van der Waals surface area contributed by atoms with Crippen LogP contribution < -0.4 is 5.32 Å². The predicted octanol–water partition coefficient (Wildman–Crippen LogP) is 1.88. The van der Waals surface area contributed by atoms with Gasteiger partial charge >= 0.3 is 0 Å². The van der Waals surface area contributed by atoms with Crippen LogP contribution in [0.15, 0.2) is 30.4 Å². The molecule has 0 bridgehead atoms. The molecule has 0 saturated carbocycles. The van der Waals surface area contributed by atoms with Gasteiger partial charge in [-0.05, 0) is 11.8 Å². The van der Waals surface area contributed by atoms with E-state index in [9.17, 15) is 4.79 Å². The number of hydrogen-bond acceptors (Lipinski definition) is 4. The lowest BCUT2D eigenvalue weighted by Gasteiger charge is -2.32. The van der Waals surface area contributed by atoms with E-state index in [4.69, 9.17) is 0 Å². The fourth-order valence-electron chi connectivity index (χ4n) is 2.44. The van der Waals surface area contributed by atoms with Gasteiger partial charge in [0.15, 0.2) is 0 Å². The molecule has 1 amide bonds. The first-order valence-electron chi connectivity index (χ1n) is 7.42. The van der Waals surface area contributed by atoms with Crippen LogP contribution in [0.3, 0.4) is 0 Å². The highest BCUT2D eigenvalue weighted by Crippen LogP contribution is 2.29. The van der Waals surface area contributed by atoms with Crippen molar-refractivity contribution in [2.75, 3.05) is 26.2 Å². The number of amides is 1. The first kappa shape index (κ1) is 15.6. The lowest BCUT2D eigenvalue weighted by Crippen LogP contribution is -2.38. The first-order chi connectivity index (χ1) is 9.97. The highest BCUT2D eigenvalue weighted by atomic mass is 16.1. The summed E-state index contributed by atoms with van der Waals surface area (Å²) in [5.41, 5.74) is 2.31. The second kappa shape index (κ2) is 6.80. The number of hydrogen-bond donors (Lipinski definition) is 1. The summed E-state index contributed by atoms with van der Waals surface area (Å²) in [5, 5.41) is 2.91. The Morgan fingerprint density at radius 1 is 1.33 bits per heavy atom. The van der Waals surface area contributed by atoms with Crippen molar-refractivity contribution in [2.24, 2.45) is 5.41 Å². The van der Waals surface area contributed by atoms with Crippen LogP contribution in [0.2, 0.25) is 0 Å². The molecule has 21 heavy (non-hydrogen) atoms. The summed E-state index contributed by atoms with van der Waals surface area (Å²) in [7, 11) is 0. The number of nitrogens with one attached hydrogen (secondary N) is 1. The Hall–Kier alpha value is -1.75. The lowest BCUT2D eigenvalue weighted by atomic mass is 9.83. The van der Waals surface area contributed by atoms with Gasteiger partial charge in [-0.2, -0.15) is 0 Å². The van der Waals surface area contributed by atoms with E-state index < -0.39 is 0 Å². The van der Waals surface area contributed by atoms with Crippen LogP contribution in [0.25, 0.3) is 0 Å². The Morgan fingerprint density at radius 3 is 2.62 bits per heavy atom. The molecule has 0 aliphatic carbocycles. The van der Waals surface area contributed by atoms with Crippen molar-refractivity contribution in [3.8, 4) is 0 Å². The largest absolute Gasteiger partial charge is 0.351 e. The Labute approximate surface area is 126 Å². The lowest BCUT2D eigenvalue weighted by molar-refractivity contribution is 0.0948. The fraction of sp³-hybridized carbons (Fsp3) is 0.562. The van der Waals surface area contributed by atoms with Crippen LogP contribution in [0, 0.1) is 5.41 Å². The van der Waals surface area contributed by atoms with E-state index in [2.05, 4.69) is 47.0 Å². The second-order valence-electron chi connectivity index (χ2n) is 6.41. The summed E-state index contributed by atoms with van der Waals surface area (Å²) in [6.45, 7) is 10.3. The molecule has 0 spiro atoms. The molecule has 1 aromatic rings. The summed E-state index contributed by atoms with van der Waals surface area (Å²) >= 11 is 0. The van der Waals surface area contributed by atoms with Gasteiger partial charge in [0.1, 0.15) is 6.33 Å². The fourth-order valence-corrected chi connectivity index (χ4v) is 2.44. The van der Waals surface area contributed by atoms with E-state index in [1.54, 1.807) is 0 Å². The Bertz CT molecular complexity index is 505. The molecule has 0 atom stereocenters. The highest BCUT2D eigenvalue weighted by Gasteiger charge is 2.21. The zero-order valence-electron chi connectivity index (χ0n) is 13.1. The third kappa shape index (κ3) is 4.63. The summed E-state index contributed by atoms with van der Waals surface area (Å²) in [4.78, 5) is 21.9. The highest BCUT2D eigenvalue weighted by molar-refractivity contribution is 5.93. The predicted molar refractivity (Wildman–Crippen MR) is 83.0 cm³/mol. The average molecular weight is 288 g/mol. The molecule has 1 N–H and O–H groups in total. The van der Waals surface area contributed by atoms with Crippen molar-refractivity contribution in [3.63, 3.8) is 0 Å². The number of aromatic nitrogens is 2. The molecular weight excluding hydrogens is 264 g/mol. The molecule has 0 aromatic carbocycles. The summed E-state index contributed by atoms with van der Waals surface area (Å²) in [6, 6.07) is 0. The molecular formula is C16H24N4O. The van der Waals surface area contributed by atoms with E-state index in [1.165, 1.54) is 24.3 Å². The van der Waals surface area contributed by atoms with E-state index in [0.29, 0.717) is 12.1 Å². The first-order valence-corrected chi connectivity index (χ1v) is 7.42. The molecule has 5 nitrogen and oxygen atoms in total. The Kier molecular flexibility index (Phi) is 5.07. The molecule has 1 aliphatic heterocycles. The molecule has 1 aliphatic rings. The Balaban J connectivity index is 1.73. The third-order valence-corrected chi connectivity index (χ3v) is 3.79. The molecule has 2 rings (SSSR count). The molecule has 0 fully saturated rings. The molecule has 1 aromatic heterocycles. The van der Waals surface area contributed by atoms with Gasteiger partial charge in [0.25, 0.3) is 5.91 Å². The van der Waals surface area contributed by atoms with E-state index in [1.807, 2.05) is 0 Å². The van der Waals surface area contributed by atoms with Gasteiger partial charge in [-0.25, -0.2) is 9.97 Å². The maximum absolute atomic E-state index is 11.8. The van der Waals surface area contributed by atoms with Gasteiger partial charge in [-0.3, -0.25) is 9.69 Å². The zero-order valence-corrected chi connectivity index (χ0v) is 13.1. The molecule has 114 valence electrons. The van der Waals surface area contributed by atoms with Crippen LogP contribution in [-0.2, 0) is 0 Å². The van der Waals surface area contributed by atoms with Crippen LogP contribution >= 0.6 is 0 Å². The number of nitrogens with zero attached hydrogens (tertiary/aromatic N) is 3. The molecule has 2 heterocycles. The maximum Gasteiger partial charge on any atom is 0.254 e. The maximum atomic E-state index is 11.8. The number of carbonyl (C=O) groups is 1. The minimum absolute atomic E-state index is 0.112. The molecule has 0 saturated heterocycles. The van der Waals surface area contributed by atoms with Crippen molar-refractivity contribution in [1.82, 2.24) is 20.2 Å². The standard InChI is InChI=1S/C16H24N4O/c1-16(2,3)14-4-7-20(8-5-14)9-6-19-15(21)13-10-17-12-18-11-13/h4,10-12H,5-9H2,1-3H3,(H,19,21). The van der Waals surface area contributed by atoms with Crippen LogP contribution in [0.1, 0.15) is 37.6 Å². The minimum atomic E-state index is -0.112. The van der Waals surface area contributed by atoms with Gasteiger partial charge in [-0.1, -0.05) is 32.4 Å². The molecule has 0 unspecified atom stereocenters. The van der Waals surface area contributed by atoms with Crippen LogP contribution in [-0.4, -0.2) is 47.0 Å². The van der Waals surface area contributed by atoms with Crippen molar-refractivity contribution in [1.29, 1.82) is 0 Å². The van der Waals surface area contributed by atoms with E-state index in [0.717, 1.165) is 26.1 Å². The van der Waals surface area contributed by atoms with Gasteiger partial charge in [0.2, 0.25) is 0 Å². The smallest absolute Gasteiger partial charge is 0.254 e. The topological polar surface area (TPSA) is 58.1 Å². The Morgan fingerprint density at radius 2 is 2.05 bits per heavy atom. The molecule has 0 radical (unpaired) electrons. The minimum Gasteiger partial charge on any atom is -0.351 e. The normalized spacial score (nSPS) is 16.4. The summed E-state index contributed by atoms with van der Waals surface area (Å²) in [5.74, 6) is -0.112. The quantitative estimate of drug-likeness (QED) is 0.860. The SMILES string of the molecule is CC(C)(C)C1=CCN(CCNC(=O)c2cncnc2)CC1. The van der Waals surface area contributed by atoms with Crippen molar-refractivity contribution in [3.05, 3.63) is 35.9 Å².